The minimum Gasteiger partial charge on any atom is -0.458 e. The van der Waals surface area contributed by atoms with E-state index >= 15 is 0 Å². The summed E-state index contributed by atoms with van der Waals surface area (Å²) >= 11 is 2.42. The summed E-state index contributed by atoms with van der Waals surface area (Å²) in [4.78, 5) is 77.2. The van der Waals surface area contributed by atoms with E-state index in [0.717, 1.165) is 5.56 Å². The lowest BCUT2D eigenvalue weighted by Gasteiger charge is -2.49. The normalized spacial score (nSPS) is 21.6. The number of rotatable bonds is 12. The van der Waals surface area contributed by atoms with Gasteiger partial charge in [-0.2, -0.15) is 0 Å². The largest absolute Gasteiger partial charge is 0.458 e. The van der Waals surface area contributed by atoms with Crippen molar-refractivity contribution in [2.24, 2.45) is 0 Å². The van der Waals surface area contributed by atoms with Gasteiger partial charge in [-0.05, 0) is 48.6 Å². The number of carbonyl (C=O) groups excluding carboxylic acids is 5. The third kappa shape index (κ3) is 6.12. The molecule has 0 spiro atoms. The van der Waals surface area contributed by atoms with E-state index in [1.807, 2.05) is 6.07 Å². The number of hydrogen-bond acceptors (Lipinski definition) is 11. The first-order chi connectivity index (χ1) is 22.0. The van der Waals surface area contributed by atoms with E-state index in [-0.39, 0.29) is 18.9 Å². The summed E-state index contributed by atoms with van der Waals surface area (Å²) < 4.78 is 9.76. The molecule has 2 aromatic carbocycles. The Morgan fingerprint density at radius 1 is 1.02 bits per heavy atom. The second-order valence-corrected chi connectivity index (χ2v) is 13.6. The maximum atomic E-state index is 13.6. The molecule has 4 amide bonds. The molecule has 0 bridgehead atoms. The fourth-order valence-electron chi connectivity index (χ4n) is 5.29. The van der Waals surface area contributed by atoms with E-state index in [9.17, 15) is 34.1 Å². The highest BCUT2D eigenvalue weighted by atomic mass is 32.2. The number of nitro groups is 1. The number of nitrogens with one attached hydrogen (secondary N) is 3. The molecule has 2 aliphatic heterocycles. The van der Waals surface area contributed by atoms with E-state index in [1.165, 1.54) is 52.3 Å². The number of amides is 4. The van der Waals surface area contributed by atoms with Crippen molar-refractivity contribution in [1.82, 2.24) is 20.9 Å². The molecule has 2 saturated heterocycles. The minimum atomic E-state index is -1.84. The Labute approximate surface area is 271 Å². The summed E-state index contributed by atoms with van der Waals surface area (Å²) in [5.41, 5.74) is -0.743. The first kappa shape index (κ1) is 32.4. The number of ether oxygens (including phenoxy) is 2. The Morgan fingerprint density at radius 2 is 1.70 bits per heavy atom. The molecular formula is C30H29N5O9S2. The van der Waals surface area contributed by atoms with Crippen LogP contribution in [0.2, 0.25) is 0 Å². The van der Waals surface area contributed by atoms with Crippen molar-refractivity contribution in [3.05, 3.63) is 98.2 Å². The highest BCUT2D eigenvalue weighted by Crippen LogP contribution is 2.56. The summed E-state index contributed by atoms with van der Waals surface area (Å²) in [5.74, 6) is -2.14. The van der Waals surface area contributed by atoms with Crippen molar-refractivity contribution in [1.29, 1.82) is 0 Å². The first-order valence-electron chi connectivity index (χ1n) is 13.9. The van der Waals surface area contributed by atoms with Gasteiger partial charge in [-0.1, -0.05) is 36.4 Å². The number of thioether (sulfide) groups is 1. The zero-order valence-corrected chi connectivity index (χ0v) is 26.2. The van der Waals surface area contributed by atoms with Crippen LogP contribution in [0.5, 0.6) is 0 Å². The highest BCUT2D eigenvalue weighted by molar-refractivity contribution is 8.01. The maximum Gasteiger partial charge on any atom is 0.408 e. The van der Waals surface area contributed by atoms with Crippen molar-refractivity contribution in [2.75, 3.05) is 0 Å². The third-order valence-corrected chi connectivity index (χ3v) is 10.2. The zero-order valence-electron chi connectivity index (χ0n) is 24.5. The second kappa shape index (κ2) is 13.2. The Morgan fingerprint density at radius 3 is 2.33 bits per heavy atom. The van der Waals surface area contributed by atoms with Crippen LogP contribution in [0, 0.1) is 10.1 Å². The SMILES string of the molecule is CC1(C)S[C@@H]2[C@H](NC(=O)C(NC(=O)OCc3ccc([N+](=O)[O-])cc3)c3cccs3)C(=O)N2[C@@]1(NC=O)C(=O)OCc1ccccc1. The van der Waals surface area contributed by atoms with Gasteiger partial charge in [-0.25, -0.2) is 9.59 Å². The molecule has 1 unspecified atom stereocenters. The molecule has 3 heterocycles. The van der Waals surface area contributed by atoms with Crippen LogP contribution in [-0.2, 0) is 41.9 Å². The van der Waals surface area contributed by atoms with Gasteiger partial charge in [-0.3, -0.25) is 29.4 Å². The molecule has 0 radical (unpaired) electrons. The van der Waals surface area contributed by atoms with E-state index in [2.05, 4.69) is 16.0 Å². The second-order valence-electron chi connectivity index (χ2n) is 10.8. The van der Waals surface area contributed by atoms with Gasteiger partial charge in [0.05, 0.1) is 9.67 Å². The van der Waals surface area contributed by atoms with Crippen molar-refractivity contribution in [3.63, 3.8) is 0 Å². The number of carbonyl (C=O) groups is 5. The zero-order chi connectivity index (χ0) is 33.1. The molecule has 14 nitrogen and oxygen atoms in total. The van der Waals surface area contributed by atoms with Crippen molar-refractivity contribution < 1.29 is 38.4 Å². The molecule has 240 valence electrons. The van der Waals surface area contributed by atoms with E-state index in [1.54, 1.807) is 55.6 Å². The Balaban J connectivity index is 1.27. The number of esters is 1. The molecule has 2 aliphatic rings. The van der Waals surface area contributed by atoms with Gasteiger partial charge >= 0.3 is 12.1 Å². The standard InChI is InChI=1S/C30H29N5O9S2/c1-29(2)30(31-17-36,27(39)43-15-18-7-4-3-5-8-18)34-25(38)23(26(34)46-29)32-24(37)22(21-9-6-14-45-21)33-28(40)44-16-19-10-12-20(13-11-19)35(41)42/h3-14,17,22-23,26H,15-16H2,1-2H3,(H,31,36)(H,32,37)(H,33,40)/t22?,23-,26-,30+/m1/s1. The average molecular weight is 668 g/mol. The van der Waals surface area contributed by atoms with Crippen LogP contribution in [0.4, 0.5) is 10.5 Å². The van der Waals surface area contributed by atoms with Crippen LogP contribution in [0.15, 0.2) is 72.1 Å². The number of β-lactam (4-membered cyclic amide) rings is 1. The quantitative estimate of drug-likeness (QED) is 0.0852. The van der Waals surface area contributed by atoms with Crippen LogP contribution < -0.4 is 16.0 Å². The number of benzene rings is 2. The summed E-state index contributed by atoms with van der Waals surface area (Å²) in [5, 5.41) is 19.6. The molecule has 0 aliphatic carbocycles. The fourth-order valence-corrected chi connectivity index (χ4v) is 7.77. The number of nitro benzene ring substituents is 1. The van der Waals surface area contributed by atoms with E-state index in [0.29, 0.717) is 16.9 Å². The Hall–Kier alpha value is -4.96. The van der Waals surface area contributed by atoms with Crippen LogP contribution in [0.25, 0.3) is 0 Å². The topological polar surface area (TPSA) is 186 Å². The number of thiophene rings is 1. The van der Waals surface area contributed by atoms with Gasteiger partial charge in [-0.15, -0.1) is 23.1 Å². The lowest BCUT2D eigenvalue weighted by Crippen LogP contribution is -2.80. The van der Waals surface area contributed by atoms with Gasteiger partial charge in [0.1, 0.15) is 30.7 Å². The fraction of sp³-hybridized carbons (Fsp3) is 0.300. The van der Waals surface area contributed by atoms with E-state index in [4.69, 9.17) is 9.47 Å². The average Bonchev–Trinajstić information content (AvgIpc) is 3.65. The summed E-state index contributed by atoms with van der Waals surface area (Å²) in [6.07, 6.45) is -0.590. The van der Waals surface area contributed by atoms with Crippen molar-refractivity contribution in [3.8, 4) is 0 Å². The number of hydrogen-bond donors (Lipinski definition) is 3. The van der Waals surface area contributed by atoms with Gasteiger partial charge in [0.15, 0.2) is 0 Å². The van der Waals surface area contributed by atoms with Gasteiger partial charge < -0.3 is 25.4 Å². The maximum absolute atomic E-state index is 13.6. The molecule has 16 heteroatoms. The summed E-state index contributed by atoms with van der Waals surface area (Å²) in [6, 6.07) is 15.4. The molecule has 3 N–H and O–H groups in total. The molecule has 2 fully saturated rings. The van der Waals surface area contributed by atoms with Crippen LogP contribution in [-0.4, -0.2) is 61.9 Å². The number of fused-ring (bicyclic) bond motifs is 1. The first-order valence-corrected chi connectivity index (χ1v) is 15.7. The van der Waals surface area contributed by atoms with Crippen molar-refractivity contribution >= 4 is 59.1 Å². The number of nitrogens with zero attached hydrogens (tertiary/aromatic N) is 2. The molecule has 46 heavy (non-hydrogen) atoms. The Bertz CT molecular complexity index is 1640. The molecule has 0 saturated carbocycles. The van der Waals surface area contributed by atoms with Crippen molar-refractivity contribution in [2.45, 2.75) is 54.9 Å². The smallest absolute Gasteiger partial charge is 0.408 e. The van der Waals surface area contributed by atoms with Gasteiger partial charge in [0, 0.05) is 17.0 Å². The predicted molar refractivity (Wildman–Crippen MR) is 166 cm³/mol. The summed E-state index contributed by atoms with van der Waals surface area (Å²) in [7, 11) is 0. The monoisotopic (exact) mass is 667 g/mol. The van der Waals surface area contributed by atoms with Gasteiger partial charge in [0.25, 0.3) is 11.6 Å². The Kier molecular flexibility index (Phi) is 9.29. The highest BCUT2D eigenvalue weighted by Gasteiger charge is 2.74. The molecule has 4 atom stereocenters. The third-order valence-electron chi connectivity index (χ3n) is 7.63. The molecule has 3 aromatic rings. The van der Waals surface area contributed by atoms with Crippen LogP contribution in [0.1, 0.15) is 35.9 Å². The summed E-state index contributed by atoms with van der Waals surface area (Å²) in [6.45, 7) is 3.10. The van der Waals surface area contributed by atoms with Crippen LogP contribution in [0.3, 0.4) is 0 Å². The lowest BCUT2D eigenvalue weighted by atomic mass is 9.88. The minimum absolute atomic E-state index is 0.0793. The van der Waals surface area contributed by atoms with Gasteiger partial charge in [0.2, 0.25) is 18.0 Å². The molecule has 5 rings (SSSR count). The van der Waals surface area contributed by atoms with E-state index < -0.39 is 56.7 Å². The number of non-ortho nitro benzene ring substituents is 1. The lowest BCUT2D eigenvalue weighted by molar-refractivity contribution is -0.384. The van der Waals surface area contributed by atoms with Crippen LogP contribution >= 0.6 is 23.1 Å². The molecular weight excluding hydrogens is 638 g/mol. The molecule has 1 aromatic heterocycles. The number of alkyl carbamates (subject to hydrolysis) is 1. The predicted octanol–water partition coefficient (Wildman–Crippen LogP) is 2.99.